The highest BCUT2D eigenvalue weighted by molar-refractivity contribution is 9.09. The molecule has 1 aliphatic rings. The largest absolute Gasteiger partial charge is 0.297 e. The lowest BCUT2D eigenvalue weighted by molar-refractivity contribution is 0.185. The van der Waals surface area contributed by atoms with Crippen molar-refractivity contribution >= 4 is 38.9 Å². The van der Waals surface area contributed by atoms with Gasteiger partial charge in [0.05, 0.1) is 5.02 Å². The van der Waals surface area contributed by atoms with Gasteiger partial charge < -0.3 is 0 Å². The van der Waals surface area contributed by atoms with Gasteiger partial charge in [0, 0.05) is 29.3 Å². The van der Waals surface area contributed by atoms with E-state index in [1.165, 1.54) is 17.8 Å². The van der Waals surface area contributed by atoms with E-state index in [1.54, 1.807) is 11.3 Å². The van der Waals surface area contributed by atoms with Crippen LogP contribution in [0.25, 0.3) is 0 Å². The maximum absolute atomic E-state index is 6.10. The summed E-state index contributed by atoms with van der Waals surface area (Å²) in [5, 5.41) is 2.99. The Labute approximate surface area is 109 Å². The third kappa shape index (κ3) is 3.19. The summed E-state index contributed by atoms with van der Waals surface area (Å²) in [7, 11) is 0. The van der Waals surface area contributed by atoms with Crippen molar-refractivity contribution < 1.29 is 0 Å². The molecule has 2 atom stereocenters. The normalized spacial score (nSPS) is 28.2. The monoisotopic (exact) mass is 307 g/mol. The van der Waals surface area contributed by atoms with E-state index in [4.69, 9.17) is 11.6 Å². The van der Waals surface area contributed by atoms with E-state index in [2.05, 4.69) is 33.1 Å². The summed E-state index contributed by atoms with van der Waals surface area (Å²) in [4.78, 5) is 4.43. The zero-order valence-corrected chi connectivity index (χ0v) is 11.9. The quantitative estimate of drug-likeness (QED) is 0.746. The van der Waals surface area contributed by atoms with E-state index in [0.717, 1.165) is 24.0 Å². The number of likely N-dealkylation sites (tertiary alicyclic amines) is 1. The fourth-order valence-corrected chi connectivity index (χ4v) is 4.34. The molecule has 2 unspecified atom stereocenters. The summed E-state index contributed by atoms with van der Waals surface area (Å²) >= 11 is 11.6. The first-order chi connectivity index (χ1) is 7.15. The average molecular weight is 309 g/mol. The van der Waals surface area contributed by atoms with E-state index in [9.17, 15) is 0 Å². The number of alkyl halides is 1. The van der Waals surface area contributed by atoms with E-state index in [1.807, 2.05) is 6.07 Å². The van der Waals surface area contributed by atoms with Crippen LogP contribution in [0.15, 0.2) is 11.4 Å². The van der Waals surface area contributed by atoms with Crippen LogP contribution in [0.5, 0.6) is 0 Å². The summed E-state index contributed by atoms with van der Waals surface area (Å²) < 4.78 is 0. The van der Waals surface area contributed by atoms with Gasteiger partial charge in [0.15, 0.2) is 0 Å². The van der Waals surface area contributed by atoms with Gasteiger partial charge in [-0.2, -0.15) is 0 Å². The molecular weight excluding hydrogens is 294 g/mol. The molecule has 0 aliphatic carbocycles. The number of thiophene rings is 1. The highest BCUT2D eigenvalue weighted by Gasteiger charge is 2.23. The van der Waals surface area contributed by atoms with Gasteiger partial charge in [-0.15, -0.1) is 11.3 Å². The Kier molecular flexibility index (Phi) is 4.10. The predicted octanol–water partition coefficient (Wildman–Crippen LogP) is 4.01. The zero-order valence-electron chi connectivity index (χ0n) is 8.75. The molecule has 84 valence electrons. The molecule has 0 aromatic carbocycles. The van der Waals surface area contributed by atoms with Crippen LogP contribution in [0.1, 0.15) is 18.2 Å². The van der Waals surface area contributed by atoms with Crippen LogP contribution in [-0.2, 0) is 6.54 Å². The Balaban J connectivity index is 1.97. The lowest BCUT2D eigenvalue weighted by Gasteiger charge is -2.33. The van der Waals surface area contributed by atoms with Crippen LogP contribution in [0.4, 0.5) is 0 Å². The van der Waals surface area contributed by atoms with Crippen molar-refractivity contribution in [3.8, 4) is 0 Å². The van der Waals surface area contributed by atoms with Crippen molar-refractivity contribution in [2.24, 2.45) is 5.92 Å². The fraction of sp³-hybridized carbons (Fsp3) is 0.636. The first-order valence-corrected chi connectivity index (χ1v) is 7.40. The van der Waals surface area contributed by atoms with Gasteiger partial charge in [-0.25, -0.2) is 0 Å². The van der Waals surface area contributed by atoms with Gasteiger partial charge in [0.2, 0.25) is 0 Å². The second kappa shape index (κ2) is 5.17. The van der Waals surface area contributed by atoms with Gasteiger partial charge in [0.1, 0.15) is 0 Å². The van der Waals surface area contributed by atoms with Crippen molar-refractivity contribution in [2.45, 2.75) is 24.7 Å². The van der Waals surface area contributed by atoms with Crippen LogP contribution >= 0.6 is 38.9 Å². The smallest absolute Gasteiger partial charge is 0.0558 e. The number of halogens is 2. The van der Waals surface area contributed by atoms with Crippen LogP contribution < -0.4 is 0 Å². The van der Waals surface area contributed by atoms with Crippen LogP contribution in [0.2, 0.25) is 5.02 Å². The third-order valence-corrected chi connectivity index (χ3v) is 4.78. The Hall–Kier alpha value is 0.430. The highest BCUT2D eigenvalue weighted by atomic mass is 79.9. The summed E-state index contributed by atoms with van der Waals surface area (Å²) in [6.45, 7) is 5.65. The minimum absolute atomic E-state index is 0.639. The topological polar surface area (TPSA) is 3.24 Å². The highest BCUT2D eigenvalue weighted by Crippen LogP contribution is 2.27. The van der Waals surface area contributed by atoms with Crippen LogP contribution in [0, 0.1) is 5.92 Å². The van der Waals surface area contributed by atoms with Crippen molar-refractivity contribution in [1.82, 2.24) is 4.90 Å². The molecule has 1 fully saturated rings. The van der Waals surface area contributed by atoms with Crippen molar-refractivity contribution in [1.29, 1.82) is 0 Å². The van der Waals surface area contributed by atoms with Gasteiger partial charge >= 0.3 is 0 Å². The standard InChI is InChI=1S/C11H15BrClNS/c1-8-4-9(12)6-14(5-8)7-11-10(13)2-3-15-11/h2-3,8-9H,4-7H2,1H3. The molecule has 1 saturated heterocycles. The van der Waals surface area contributed by atoms with E-state index in [-0.39, 0.29) is 0 Å². The van der Waals surface area contributed by atoms with Crippen molar-refractivity contribution in [3.05, 3.63) is 21.3 Å². The van der Waals surface area contributed by atoms with E-state index < -0.39 is 0 Å². The van der Waals surface area contributed by atoms with Crippen LogP contribution in [0.3, 0.4) is 0 Å². The van der Waals surface area contributed by atoms with E-state index in [0.29, 0.717) is 4.83 Å². The minimum Gasteiger partial charge on any atom is -0.297 e. The molecule has 15 heavy (non-hydrogen) atoms. The molecule has 0 radical (unpaired) electrons. The number of hydrogen-bond donors (Lipinski definition) is 0. The molecule has 0 amide bonds. The van der Waals surface area contributed by atoms with Crippen LogP contribution in [-0.4, -0.2) is 22.8 Å². The summed E-state index contributed by atoms with van der Waals surface area (Å²) in [5.41, 5.74) is 0. The molecule has 2 heterocycles. The molecule has 0 N–H and O–H groups in total. The van der Waals surface area contributed by atoms with Gasteiger partial charge in [-0.3, -0.25) is 4.90 Å². The Morgan fingerprint density at radius 2 is 2.40 bits per heavy atom. The lowest BCUT2D eigenvalue weighted by atomic mass is 10.0. The Bertz CT molecular complexity index is 318. The lowest BCUT2D eigenvalue weighted by Crippen LogP contribution is -2.39. The second-order valence-electron chi connectivity index (χ2n) is 4.32. The Morgan fingerprint density at radius 1 is 1.60 bits per heavy atom. The van der Waals surface area contributed by atoms with Gasteiger partial charge in [-0.1, -0.05) is 34.5 Å². The summed E-state index contributed by atoms with van der Waals surface area (Å²) in [6, 6.07) is 1.99. The van der Waals surface area contributed by atoms with E-state index >= 15 is 0 Å². The average Bonchev–Trinajstić information content (AvgIpc) is 2.50. The molecule has 0 saturated carbocycles. The zero-order chi connectivity index (χ0) is 10.8. The predicted molar refractivity (Wildman–Crippen MR) is 71.1 cm³/mol. The summed E-state index contributed by atoms with van der Waals surface area (Å²) in [5.74, 6) is 0.780. The molecule has 0 bridgehead atoms. The molecule has 0 spiro atoms. The first kappa shape index (κ1) is 11.9. The molecule has 1 nitrogen and oxygen atoms in total. The fourth-order valence-electron chi connectivity index (χ4n) is 2.15. The molecular formula is C11H15BrClNS. The molecule has 2 rings (SSSR count). The minimum atomic E-state index is 0.639. The maximum Gasteiger partial charge on any atom is 0.0558 e. The van der Waals surface area contributed by atoms with Gasteiger partial charge in [0.25, 0.3) is 0 Å². The number of hydrogen-bond acceptors (Lipinski definition) is 2. The first-order valence-electron chi connectivity index (χ1n) is 5.23. The summed E-state index contributed by atoms with van der Waals surface area (Å²) in [6.07, 6.45) is 1.29. The second-order valence-corrected chi connectivity index (χ2v) is 7.03. The third-order valence-electron chi connectivity index (χ3n) is 2.74. The molecule has 1 aromatic heterocycles. The number of rotatable bonds is 2. The van der Waals surface area contributed by atoms with Gasteiger partial charge in [-0.05, 0) is 23.8 Å². The SMILES string of the molecule is CC1CC(Br)CN(Cc2sccc2Cl)C1. The molecule has 4 heteroatoms. The number of piperidine rings is 1. The molecule has 1 aromatic rings. The maximum atomic E-state index is 6.10. The number of nitrogens with zero attached hydrogens (tertiary/aromatic N) is 1. The Morgan fingerprint density at radius 3 is 3.00 bits per heavy atom. The molecule has 1 aliphatic heterocycles. The van der Waals surface area contributed by atoms with Crippen molar-refractivity contribution in [2.75, 3.05) is 13.1 Å². The van der Waals surface area contributed by atoms with Crippen molar-refractivity contribution in [3.63, 3.8) is 0 Å².